The molecule has 0 aliphatic carbocycles. The molecule has 0 bridgehead atoms. The van der Waals surface area contributed by atoms with Crippen LogP contribution in [0.2, 0.25) is 5.02 Å². The SMILES string of the molecule is NNC(c1ccccc1Cl)C1CCOCC1. The first-order chi connectivity index (χ1) is 7.83. The Hall–Kier alpha value is -0.610. The number of hydrogen-bond acceptors (Lipinski definition) is 3. The van der Waals surface area contributed by atoms with Gasteiger partial charge in [-0.25, -0.2) is 0 Å². The molecule has 0 saturated carbocycles. The van der Waals surface area contributed by atoms with Crippen molar-refractivity contribution in [2.75, 3.05) is 13.2 Å². The van der Waals surface area contributed by atoms with Crippen LogP contribution < -0.4 is 11.3 Å². The van der Waals surface area contributed by atoms with E-state index < -0.39 is 0 Å². The van der Waals surface area contributed by atoms with Crippen LogP contribution in [0.1, 0.15) is 24.4 Å². The first kappa shape index (κ1) is 11.9. The third-order valence-electron chi connectivity index (χ3n) is 3.16. The highest BCUT2D eigenvalue weighted by molar-refractivity contribution is 6.31. The zero-order chi connectivity index (χ0) is 11.4. The number of ether oxygens (including phenoxy) is 1. The van der Waals surface area contributed by atoms with E-state index in [0.717, 1.165) is 36.6 Å². The van der Waals surface area contributed by atoms with Gasteiger partial charge >= 0.3 is 0 Å². The largest absolute Gasteiger partial charge is 0.381 e. The molecule has 4 heteroatoms. The molecular weight excluding hydrogens is 224 g/mol. The summed E-state index contributed by atoms with van der Waals surface area (Å²) in [5.41, 5.74) is 3.97. The summed E-state index contributed by atoms with van der Waals surface area (Å²) in [7, 11) is 0. The number of nitrogens with one attached hydrogen (secondary N) is 1. The second-order valence-electron chi connectivity index (χ2n) is 4.12. The van der Waals surface area contributed by atoms with E-state index in [1.54, 1.807) is 0 Å². The van der Waals surface area contributed by atoms with Gasteiger partial charge < -0.3 is 4.74 Å². The van der Waals surface area contributed by atoms with Crippen LogP contribution in [-0.4, -0.2) is 13.2 Å². The molecule has 1 unspecified atom stereocenters. The van der Waals surface area contributed by atoms with E-state index in [1.807, 2.05) is 24.3 Å². The Labute approximate surface area is 101 Å². The van der Waals surface area contributed by atoms with Gasteiger partial charge in [-0.15, -0.1) is 0 Å². The minimum atomic E-state index is 0.123. The molecule has 3 nitrogen and oxygen atoms in total. The van der Waals surface area contributed by atoms with Crippen LogP contribution in [0.3, 0.4) is 0 Å². The monoisotopic (exact) mass is 240 g/mol. The average Bonchev–Trinajstić information content (AvgIpc) is 2.34. The Kier molecular flexibility index (Phi) is 4.18. The topological polar surface area (TPSA) is 47.3 Å². The van der Waals surface area contributed by atoms with E-state index in [0.29, 0.717) is 5.92 Å². The molecule has 0 radical (unpaired) electrons. The number of benzene rings is 1. The van der Waals surface area contributed by atoms with Crippen molar-refractivity contribution in [2.45, 2.75) is 18.9 Å². The fraction of sp³-hybridized carbons (Fsp3) is 0.500. The zero-order valence-electron chi connectivity index (χ0n) is 9.16. The van der Waals surface area contributed by atoms with E-state index in [9.17, 15) is 0 Å². The zero-order valence-corrected chi connectivity index (χ0v) is 9.91. The highest BCUT2D eigenvalue weighted by atomic mass is 35.5. The summed E-state index contributed by atoms with van der Waals surface area (Å²) in [4.78, 5) is 0. The molecule has 0 spiro atoms. The van der Waals surface area contributed by atoms with Gasteiger partial charge in [-0.3, -0.25) is 11.3 Å². The molecule has 3 N–H and O–H groups in total. The van der Waals surface area contributed by atoms with Gasteiger partial charge in [0.25, 0.3) is 0 Å². The summed E-state index contributed by atoms with van der Waals surface area (Å²) in [5.74, 6) is 6.15. The van der Waals surface area contributed by atoms with Crippen LogP contribution in [0.4, 0.5) is 0 Å². The minimum absolute atomic E-state index is 0.123. The number of halogens is 1. The molecule has 1 aliphatic rings. The normalized spacial score (nSPS) is 19.6. The first-order valence-corrected chi connectivity index (χ1v) is 5.99. The van der Waals surface area contributed by atoms with Gasteiger partial charge in [0.05, 0.1) is 6.04 Å². The number of rotatable bonds is 3. The van der Waals surface area contributed by atoms with Crippen molar-refractivity contribution in [3.8, 4) is 0 Å². The van der Waals surface area contributed by atoms with Gasteiger partial charge in [0.15, 0.2) is 0 Å². The molecule has 16 heavy (non-hydrogen) atoms. The first-order valence-electron chi connectivity index (χ1n) is 5.61. The van der Waals surface area contributed by atoms with Crippen molar-refractivity contribution in [1.29, 1.82) is 0 Å². The van der Waals surface area contributed by atoms with E-state index in [4.69, 9.17) is 22.2 Å². The summed E-state index contributed by atoms with van der Waals surface area (Å²) in [5, 5.41) is 0.775. The Morgan fingerprint density at radius 3 is 2.62 bits per heavy atom. The van der Waals surface area contributed by atoms with Gasteiger partial charge in [0.1, 0.15) is 0 Å². The maximum absolute atomic E-state index is 6.19. The summed E-state index contributed by atoms with van der Waals surface area (Å²) in [6.45, 7) is 1.63. The van der Waals surface area contributed by atoms with Crippen molar-refractivity contribution in [1.82, 2.24) is 5.43 Å². The smallest absolute Gasteiger partial charge is 0.0504 e. The summed E-state index contributed by atoms with van der Waals surface area (Å²) in [6, 6.07) is 7.98. The lowest BCUT2D eigenvalue weighted by atomic mass is 9.87. The second-order valence-corrected chi connectivity index (χ2v) is 4.52. The third-order valence-corrected chi connectivity index (χ3v) is 3.50. The summed E-state index contributed by atoms with van der Waals surface area (Å²) < 4.78 is 5.36. The highest BCUT2D eigenvalue weighted by Gasteiger charge is 2.25. The van der Waals surface area contributed by atoms with Gasteiger partial charge in [-0.2, -0.15) is 0 Å². The lowest BCUT2D eigenvalue weighted by Crippen LogP contribution is -2.36. The Bertz CT molecular complexity index is 340. The van der Waals surface area contributed by atoms with Crippen molar-refractivity contribution in [2.24, 2.45) is 11.8 Å². The van der Waals surface area contributed by atoms with Crippen molar-refractivity contribution in [3.05, 3.63) is 34.9 Å². The van der Waals surface area contributed by atoms with E-state index in [-0.39, 0.29) is 6.04 Å². The second kappa shape index (κ2) is 5.64. The van der Waals surface area contributed by atoms with Crippen molar-refractivity contribution < 1.29 is 4.74 Å². The van der Waals surface area contributed by atoms with Crippen LogP contribution in [0, 0.1) is 5.92 Å². The molecule has 1 atom stereocenters. The predicted molar refractivity (Wildman–Crippen MR) is 65.1 cm³/mol. The van der Waals surface area contributed by atoms with Gasteiger partial charge in [0, 0.05) is 18.2 Å². The van der Waals surface area contributed by atoms with Gasteiger partial charge in [0.2, 0.25) is 0 Å². The lowest BCUT2D eigenvalue weighted by Gasteiger charge is -2.30. The Balaban J connectivity index is 2.18. The quantitative estimate of drug-likeness (QED) is 0.630. The van der Waals surface area contributed by atoms with Gasteiger partial charge in [-0.1, -0.05) is 29.8 Å². The van der Waals surface area contributed by atoms with Crippen molar-refractivity contribution in [3.63, 3.8) is 0 Å². The van der Waals surface area contributed by atoms with Crippen LogP contribution in [-0.2, 0) is 4.74 Å². The molecule has 0 amide bonds. The fourth-order valence-corrected chi connectivity index (χ4v) is 2.51. The lowest BCUT2D eigenvalue weighted by molar-refractivity contribution is 0.0536. The molecule has 1 heterocycles. The molecule has 0 aromatic heterocycles. The Morgan fingerprint density at radius 1 is 1.31 bits per heavy atom. The van der Waals surface area contributed by atoms with E-state index in [2.05, 4.69) is 5.43 Å². The van der Waals surface area contributed by atoms with Crippen LogP contribution in [0.5, 0.6) is 0 Å². The molecular formula is C12H17ClN2O. The number of hydrogen-bond donors (Lipinski definition) is 2. The molecule has 1 aliphatic heterocycles. The van der Waals surface area contributed by atoms with Gasteiger partial charge in [-0.05, 0) is 30.4 Å². The van der Waals surface area contributed by atoms with Crippen molar-refractivity contribution >= 4 is 11.6 Å². The maximum atomic E-state index is 6.19. The van der Waals surface area contributed by atoms with E-state index >= 15 is 0 Å². The fourth-order valence-electron chi connectivity index (χ4n) is 2.26. The Morgan fingerprint density at radius 2 is 2.00 bits per heavy atom. The summed E-state index contributed by atoms with van der Waals surface area (Å²) >= 11 is 6.19. The molecule has 1 aromatic carbocycles. The van der Waals surface area contributed by atoms with Crippen LogP contribution in [0.15, 0.2) is 24.3 Å². The van der Waals surface area contributed by atoms with E-state index in [1.165, 1.54) is 0 Å². The number of hydrazine groups is 1. The molecule has 88 valence electrons. The molecule has 1 aromatic rings. The number of nitrogens with two attached hydrogens (primary N) is 1. The third kappa shape index (κ3) is 2.55. The van der Waals surface area contributed by atoms with Crippen LogP contribution >= 0.6 is 11.6 Å². The molecule has 2 rings (SSSR count). The predicted octanol–water partition coefficient (Wildman–Crippen LogP) is 2.27. The van der Waals surface area contributed by atoms with Crippen LogP contribution in [0.25, 0.3) is 0 Å². The highest BCUT2D eigenvalue weighted by Crippen LogP contribution is 2.32. The molecule has 1 fully saturated rings. The minimum Gasteiger partial charge on any atom is -0.381 e. The standard InChI is InChI=1S/C12H17ClN2O/c13-11-4-2-1-3-10(11)12(15-14)9-5-7-16-8-6-9/h1-4,9,12,15H,5-8,14H2. The molecule has 1 saturated heterocycles. The summed E-state index contributed by atoms with van der Waals surface area (Å²) in [6.07, 6.45) is 2.06. The maximum Gasteiger partial charge on any atom is 0.0504 e. The average molecular weight is 241 g/mol.